The van der Waals surface area contributed by atoms with Gasteiger partial charge in [-0.2, -0.15) is 17.6 Å². The van der Waals surface area contributed by atoms with Gasteiger partial charge in [0, 0.05) is 58.1 Å². The summed E-state index contributed by atoms with van der Waals surface area (Å²) >= 11 is 0. The van der Waals surface area contributed by atoms with Gasteiger partial charge in [-0.25, -0.2) is 26.3 Å². The maximum absolute atomic E-state index is 15.2. The molecule has 78 heavy (non-hydrogen) atoms. The fraction of sp³-hybridized carbons (Fsp3) is 0.406. The highest BCUT2D eigenvalue weighted by molar-refractivity contribution is 5.71. The molecule has 0 aromatic heterocycles. The molecule has 4 aliphatic rings. The average Bonchev–Trinajstić information content (AvgIpc) is 3.63. The van der Waals surface area contributed by atoms with Crippen molar-refractivity contribution in [2.45, 2.75) is 149 Å². The van der Waals surface area contributed by atoms with Crippen LogP contribution in [0, 0.1) is 46.7 Å². The van der Waals surface area contributed by atoms with Gasteiger partial charge in [0.1, 0.15) is 17.1 Å². The van der Waals surface area contributed by atoms with E-state index >= 15 is 22.0 Å². The summed E-state index contributed by atoms with van der Waals surface area (Å²) in [5.74, 6) is -9.60. The third-order valence-corrected chi connectivity index (χ3v) is 15.7. The van der Waals surface area contributed by atoms with Gasteiger partial charge in [-0.05, 0) is 110 Å². The van der Waals surface area contributed by atoms with E-state index in [1.165, 1.54) is 42.5 Å². The zero-order chi connectivity index (χ0) is 55.4. The zero-order valence-corrected chi connectivity index (χ0v) is 44.3. The van der Waals surface area contributed by atoms with Gasteiger partial charge in [-0.3, -0.25) is 0 Å². The Balaban J connectivity index is 0.000000190. The molecule has 0 N–H and O–H groups in total. The number of benzene rings is 6. The largest absolute Gasteiger partial charge is 0.450 e. The molecule has 0 spiro atoms. The molecule has 4 nitrogen and oxygen atoms in total. The first-order valence-electron chi connectivity index (χ1n) is 27.5. The second kappa shape index (κ2) is 24.4. The third kappa shape index (κ3) is 11.8. The molecule has 10 rings (SSSR count). The standard InChI is InChI=1S/C33H33F5O.C31H31F5O3/c1-3-5-19-7-9-22(10-8-19)27(34)28(35)23-13-11-20(12-14-23)26-18-25-17-24-16-15-21(6-4-2)29(36)32(24)39-33(25)31(38)30(26)37;1-3-5-19-7-8-20-15-22-16-25(27(33)28(34)30(22)38-29(20)26(19)32)31(35,36)39-24-13-9-18(10-14-24)21-11-12-23(6-4-2)37-17-21/h11-16,18-19,22H,3-10,17H2,1-2H3;7-10,13-14,16,21,23H,3-6,11-12,15,17H2,1-2H3/b28-27+;. The van der Waals surface area contributed by atoms with Crippen molar-refractivity contribution in [2.24, 2.45) is 11.8 Å². The van der Waals surface area contributed by atoms with Gasteiger partial charge in [0.15, 0.2) is 52.1 Å². The number of hydrogen-bond donors (Lipinski definition) is 0. The van der Waals surface area contributed by atoms with Crippen LogP contribution in [0.15, 0.2) is 90.8 Å². The van der Waals surface area contributed by atoms with Gasteiger partial charge < -0.3 is 18.9 Å². The fourth-order valence-electron chi connectivity index (χ4n) is 11.4. The molecule has 2 unspecified atom stereocenters. The van der Waals surface area contributed by atoms with E-state index in [-0.39, 0.29) is 64.6 Å². The predicted molar refractivity (Wildman–Crippen MR) is 282 cm³/mol. The molecule has 6 aromatic carbocycles. The summed E-state index contributed by atoms with van der Waals surface area (Å²) in [6.07, 6.45) is 7.83. The van der Waals surface area contributed by atoms with Crippen molar-refractivity contribution >= 4 is 5.83 Å². The minimum atomic E-state index is -4.17. The van der Waals surface area contributed by atoms with E-state index in [1.807, 2.05) is 13.8 Å². The Bertz CT molecular complexity index is 3140. The van der Waals surface area contributed by atoms with Crippen molar-refractivity contribution in [1.29, 1.82) is 0 Å². The summed E-state index contributed by atoms with van der Waals surface area (Å²) in [6, 6.07) is 20.8. The minimum Gasteiger partial charge on any atom is -0.450 e. The topological polar surface area (TPSA) is 36.9 Å². The molecule has 1 aliphatic carbocycles. The number of alkyl halides is 2. The SMILES string of the molecule is CCCc1ccc2c(c1F)Oc1c(cc(-c3ccc(/C(F)=C(\F)C4CCC(CCC)CC4)cc3)c(F)c1F)C2.CCCc1ccc2c(c1F)Oc1c(cc(C(F)(F)Oc3ccc(C4CCC(CCC)OC4)cc3)c(F)c1F)C2. The molecule has 1 saturated carbocycles. The van der Waals surface area contributed by atoms with Gasteiger partial charge in [0.2, 0.25) is 11.6 Å². The summed E-state index contributed by atoms with van der Waals surface area (Å²) in [4.78, 5) is 0. The molecule has 3 heterocycles. The van der Waals surface area contributed by atoms with Crippen molar-refractivity contribution in [1.82, 2.24) is 0 Å². The predicted octanol–water partition coefficient (Wildman–Crippen LogP) is 19.6. The summed E-state index contributed by atoms with van der Waals surface area (Å²) < 4.78 is 172. The third-order valence-electron chi connectivity index (χ3n) is 15.7. The van der Waals surface area contributed by atoms with E-state index in [2.05, 4.69) is 13.8 Å². The van der Waals surface area contributed by atoms with Gasteiger partial charge in [-0.1, -0.05) is 120 Å². The van der Waals surface area contributed by atoms with E-state index in [9.17, 15) is 22.0 Å². The second-order valence-corrected chi connectivity index (χ2v) is 21.1. The van der Waals surface area contributed by atoms with Crippen LogP contribution in [-0.2, 0) is 36.5 Å². The normalized spacial score (nSPS) is 18.9. The Hall–Kier alpha value is -6.28. The van der Waals surface area contributed by atoms with Gasteiger partial charge in [-0.15, -0.1) is 0 Å². The zero-order valence-electron chi connectivity index (χ0n) is 44.3. The van der Waals surface area contributed by atoms with E-state index in [1.54, 1.807) is 36.4 Å². The number of halogens is 10. The highest BCUT2D eigenvalue weighted by Gasteiger charge is 2.42. The summed E-state index contributed by atoms with van der Waals surface area (Å²) in [5, 5.41) is 0. The van der Waals surface area contributed by atoms with E-state index in [0.29, 0.717) is 78.0 Å². The minimum absolute atomic E-state index is 0.0173. The summed E-state index contributed by atoms with van der Waals surface area (Å²) in [5.41, 5.74) is 2.21. The van der Waals surface area contributed by atoms with E-state index < -0.39 is 69.9 Å². The maximum atomic E-state index is 15.2. The van der Waals surface area contributed by atoms with Crippen LogP contribution in [0.1, 0.15) is 161 Å². The van der Waals surface area contributed by atoms with Crippen LogP contribution in [0.25, 0.3) is 17.0 Å². The van der Waals surface area contributed by atoms with Gasteiger partial charge in [0.05, 0.1) is 12.7 Å². The number of hydrogen-bond acceptors (Lipinski definition) is 4. The Labute approximate surface area is 449 Å². The van der Waals surface area contributed by atoms with Crippen LogP contribution >= 0.6 is 0 Å². The Kier molecular flexibility index (Phi) is 17.6. The molecule has 2 atom stereocenters. The summed E-state index contributed by atoms with van der Waals surface area (Å²) in [7, 11) is 0. The molecule has 3 aliphatic heterocycles. The molecule has 6 aromatic rings. The fourth-order valence-corrected chi connectivity index (χ4v) is 11.4. The lowest BCUT2D eigenvalue weighted by molar-refractivity contribution is -0.187. The Morgan fingerprint density at radius 2 is 1.10 bits per heavy atom. The van der Waals surface area contributed by atoms with Crippen molar-refractivity contribution in [2.75, 3.05) is 6.61 Å². The number of allylic oxidation sites excluding steroid dienone is 1. The lowest BCUT2D eigenvalue weighted by Crippen LogP contribution is -2.25. The molecule has 1 saturated heterocycles. The Morgan fingerprint density at radius 3 is 1.64 bits per heavy atom. The first-order valence-corrected chi connectivity index (χ1v) is 27.5. The number of rotatable bonds is 15. The van der Waals surface area contributed by atoms with Crippen molar-refractivity contribution < 1.29 is 62.9 Å². The van der Waals surface area contributed by atoms with Gasteiger partial charge >= 0.3 is 6.11 Å². The van der Waals surface area contributed by atoms with E-state index in [0.717, 1.165) is 69.4 Å². The first-order chi connectivity index (χ1) is 37.5. The molecule has 0 amide bonds. The first kappa shape index (κ1) is 56.4. The quantitative estimate of drug-likeness (QED) is 0.0959. The van der Waals surface area contributed by atoms with Crippen LogP contribution < -0.4 is 14.2 Å². The molecular weight excluding hydrogens is 1020 g/mol. The maximum Gasteiger partial charge on any atom is 0.429 e. The van der Waals surface area contributed by atoms with Crippen molar-refractivity contribution in [3.05, 3.63) is 176 Å². The van der Waals surface area contributed by atoms with Crippen molar-refractivity contribution in [3.63, 3.8) is 0 Å². The Morgan fingerprint density at radius 1 is 0.551 bits per heavy atom. The lowest BCUT2D eigenvalue weighted by atomic mass is 9.79. The summed E-state index contributed by atoms with van der Waals surface area (Å²) in [6.45, 7) is 8.63. The van der Waals surface area contributed by atoms with Crippen molar-refractivity contribution in [3.8, 4) is 39.9 Å². The molecule has 414 valence electrons. The highest BCUT2D eigenvalue weighted by atomic mass is 19.3. The number of fused-ring (bicyclic) bond motifs is 4. The second-order valence-electron chi connectivity index (χ2n) is 21.1. The average molecular weight is 1090 g/mol. The molecule has 14 heteroatoms. The van der Waals surface area contributed by atoms with Crippen LogP contribution in [0.2, 0.25) is 0 Å². The van der Waals surface area contributed by atoms with Crippen LogP contribution in [0.4, 0.5) is 43.9 Å². The highest BCUT2D eigenvalue weighted by Crippen LogP contribution is 2.47. The molecule has 0 bridgehead atoms. The lowest BCUT2D eigenvalue weighted by Gasteiger charge is -2.29. The van der Waals surface area contributed by atoms with Gasteiger partial charge in [0.25, 0.3) is 0 Å². The number of aryl methyl sites for hydroxylation is 2. The van der Waals surface area contributed by atoms with Crippen LogP contribution in [0.5, 0.6) is 28.7 Å². The molecular formula is C64H64F10O4. The smallest absolute Gasteiger partial charge is 0.429 e. The molecule has 2 fully saturated rings. The molecule has 0 radical (unpaired) electrons. The monoisotopic (exact) mass is 1090 g/mol. The van der Waals surface area contributed by atoms with E-state index in [4.69, 9.17) is 18.9 Å². The number of ether oxygens (including phenoxy) is 4. The van der Waals surface area contributed by atoms with Crippen LogP contribution in [-0.4, -0.2) is 12.7 Å². The van der Waals surface area contributed by atoms with Crippen LogP contribution in [0.3, 0.4) is 0 Å².